The minimum atomic E-state index is -0.646. The average molecular weight is 322 g/mol. The van der Waals surface area contributed by atoms with Crippen LogP contribution in [0.3, 0.4) is 0 Å². The van der Waals surface area contributed by atoms with E-state index in [9.17, 15) is 24.9 Å². The molecule has 0 saturated carbocycles. The highest BCUT2D eigenvalue weighted by Gasteiger charge is 2.21. The lowest BCUT2D eigenvalue weighted by molar-refractivity contribution is 0.473. The fourth-order valence-electron chi connectivity index (χ4n) is 2.85. The predicted octanol–water partition coefficient (Wildman–Crippen LogP) is 2.53. The zero-order valence-corrected chi connectivity index (χ0v) is 12.1. The fraction of sp³-hybridized carbons (Fsp3) is 0. The maximum absolute atomic E-state index is 12.4. The second-order valence-electron chi connectivity index (χ2n) is 5.44. The maximum Gasteiger partial charge on any atom is 0.225 e. The Labute approximate surface area is 133 Å². The van der Waals surface area contributed by atoms with Crippen molar-refractivity contribution in [3.8, 4) is 28.4 Å². The second-order valence-corrected chi connectivity index (χ2v) is 5.44. The molecule has 5 aromatic rings. The van der Waals surface area contributed by atoms with E-state index in [0.717, 1.165) is 18.2 Å². The molecule has 0 fully saturated rings. The van der Waals surface area contributed by atoms with Gasteiger partial charge in [0.1, 0.15) is 22.8 Å². The zero-order valence-electron chi connectivity index (χ0n) is 12.1. The Morgan fingerprint density at radius 1 is 0.875 bits per heavy atom. The predicted molar refractivity (Wildman–Crippen MR) is 87.9 cm³/mol. The first-order chi connectivity index (χ1) is 11.5. The Bertz CT molecular complexity index is 1200. The third kappa shape index (κ3) is 1.90. The van der Waals surface area contributed by atoms with Gasteiger partial charge in [-0.25, -0.2) is 0 Å². The largest absolute Gasteiger partial charge is 0.508 e. The van der Waals surface area contributed by atoms with Gasteiger partial charge in [-0.15, -0.1) is 0 Å². The summed E-state index contributed by atoms with van der Waals surface area (Å²) in [6, 6.07) is 9.09. The van der Waals surface area contributed by atoms with Crippen LogP contribution in [-0.4, -0.2) is 15.3 Å². The van der Waals surface area contributed by atoms with Gasteiger partial charge in [-0.1, -0.05) is 12.1 Å². The smallest absolute Gasteiger partial charge is 0.225 e. The molecule has 0 atom stereocenters. The Morgan fingerprint density at radius 3 is 2.29 bits per heavy atom. The molecule has 6 nitrogen and oxygen atoms in total. The highest BCUT2D eigenvalue weighted by Crippen LogP contribution is 2.42. The van der Waals surface area contributed by atoms with Gasteiger partial charge in [0.25, 0.3) is 0 Å². The van der Waals surface area contributed by atoms with Crippen LogP contribution in [0.2, 0.25) is 0 Å². The molecular formula is C18H10O6. The molecule has 3 N–H and O–H groups in total. The third-order valence-corrected chi connectivity index (χ3v) is 3.91. The van der Waals surface area contributed by atoms with Gasteiger partial charge in [0.2, 0.25) is 5.43 Å². The molecule has 118 valence electrons. The van der Waals surface area contributed by atoms with Gasteiger partial charge >= 0.3 is 0 Å². The first-order valence-corrected chi connectivity index (χ1v) is 7.04. The van der Waals surface area contributed by atoms with Crippen molar-refractivity contribution < 1.29 is 19.7 Å². The van der Waals surface area contributed by atoms with Gasteiger partial charge in [-0.3, -0.25) is 9.59 Å². The van der Waals surface area contributed by atoms with E-state index in [1.54, 1.807) is 0 Å². The van der Waals surface area contributed by atoms with Crippen LogP contribution in [0.5, 0.6) is 17.2 Å². The van der Waals surface area contributed by atoms with E-state index in [1.165, 1.54) is 24.3 Å². The molecule has 4 bridgehead atoms. The number of benzene rings is 2. The monoisotopic (exact) mass is 322 g/mol. The summed E-state index contributed by atoms with van der Waals surface area (Å²) in [5.41, 5.74) is -0.665. The number of hydrogen-bond acceptors (Lipinski definition) is 6. The Hall–Kier alpha value is -3.54. The summed E-state index contributed by atoms with van der Waals surface area (Å²) in [5.74, 6) is -0.656. The number of rotatable bonds is 1. The summed E-state index contributed by atoms with van der Waals surface area (Å²) in [6.45, 7) is 0. The Balaban J connectivity index is 2.30. The molecule has 0 spiro atoms. The molecule has 3 aromatic carbocycles. The zero-order chi connectivity index (χ0) is 17.0. The summed E-state index contributed by atoms with van der Waals surface area (Å²) in [7, 11) is 0. The van der Waals surface area contributed by atoms with Crippen molar-refractivity contribution in [3.63, 3.8) is 0 Å². The van der Waals surface area contributed by atoms with E-state index in [4.69, 9.17) is 4.42 Å². The molecule has 2 heterocycles. The molecule has 0 aliphatic carbocycles. The van der Waals surface area contributed by atoms with Crippen LogP contribution in [0.4, 0.5) is 0 Å². The molecular weight excluding hydrogens is 312 g/mol. The van der Waals surface area contributed by atoms with Crippen LogP contribution in [0.1, 0.15) is 0 Å². The average Bonchev–Trinajstić information content (AvgIpc) is 2.54. The minimum Gasteiger partial charge on any atom is -0.508 e. The lowest BCUT2D eigenvalue weighted by Gasteiger charge is -2.12. The fourth-order valence-corrected chi connectivity index (χ4v) is 2.85. The molecule has 24 heavy (non-hydrogen) atoms. The first-order valence-electron chi connectivity index (χ1n) is 7.04. The molecule has 5 rings (SSSR count). The van der Waals surface area contributed by atoms with Crippen molar-refractivity contribution in [2.45, 2.75) is 0 Å². The van der Waals surface area contributed by atoms with Crippen LogP contribution in [0, 0.1) is 0 Å². The molecule has 0 aliphatic heterocycles. The normalized spacial score (nSPS) is 11.3. The summed E-state index contributed by atoms with van der Waals surface area (Å²) >= 11 is 0. The van der Waals surface area contributed by atoms with Gasteiger partial charge in [-0.05, 0) is 23.8 Å². The van der Waals surface area contributed by atoms with E-state index >= 15 is 0 Å². The molecule has 0 aliphatic rings. The molecule has 0 amide bonds. The lowest BCUT2D eigenvalue weighted by Crippen LogP contribution is -2.04. The number of phenols is 1. The van der Waals surface area contributed by atoms with Crippen LogP contribution in [0.25, 0.3) is 33.1 Å². The van der Waals surface area contributed by atoms with E-state index in [2.05, 4.69) is 0 Å². The van der Waals surface area contributed by atoms with Gasteiger partial charge in [0.05, 0.1) is 10.9 Å². The van der Waals surface area contributed by atoms with Gasteiger partial charge in [0, 0.05) is 17.5 Å². The van der Waals surface area contributed by atoms with Crippen molar-refractivity contribution in [2.75, 3.05) is 0 Å². The summed E-state index contributed by atoms with van der Waals surface area (Å²) < 4.78 is 5.55. The molecule has 0 unspecified atom stereocenters. The van der Waals surface area contributed by atoms with Gasteiger partial charge < -0.3 is 19.7 Å². The van der Waals surface area contributed by atoms with Crippen molar-refractivity contribution in [2.24, 2.45) is 0 Å². The molecule has 0 radical (unpaired) electrons. The van der Waals surface area contributed by atoms with E-state index in [0.29, 0.717) is 5.56 Å². The van der Waals surface area contributed by atoms with E-state index in [1.807, 2.05) is 0 Å². The van der Waals surface area contributed by atoms with Crippen molar-refractivity contribution in [1.29, 1.82) is 0 Å². The van der Waals surface area contributed by atoms with Crippen LogP contribution in [0.15, 0.2) is 56.5 Å². The van der Waals surface area contributed by atoms with Crippen LogP contribution >= 0.6 is 0 Å². The molecule has 0 saturated heterocycles. The second kappa shape index (κ2) is 4.73. The minimum absolute atomic E-state index is 0.0144. The van der Waals surface area contributed by atoms with E-state index < -0.39 is 16.6 Å². The number of fused-ring (bicyclic) bond motifs is 3. The maximum atomic E-state index is 12.4. The highest BCUT2D eigenvalue weighted by atomic mass is 16.3. The summed E-state index contributed by atoms with van der Waals surface area (Å²) in [6.07, 6.45) is 0. The Kier molecular flexibility index (Phi) is 2.77. The topological polar surface area (TPSA) is 108 Å². The molecule has 2 aromatic heterocycles. The molecule has 6 heteroatoms. The number of aromatic hydroxyl groups is 3. The van der Waals surface area contributed by atoms with Crippen molar-refractivity contribution in [3.05, 3.63) is 62.9 Å². The van der Waals surface area contributed by atoms with Crippen molar-refractivity contribution in [1.82, 2.24) is 0 Å². The van der Waals surface area contributed by atoms with Crippen molar-refractivity contribution >= 4 is 21.9 Å². The summed E-state index contributed by atoms with van der Waals surface area (Å²) in [5, 5.41) is 30.4. The Morgan fingerprint density at radius 2 is 1.58 bits per heavy atom. The first kappa shape index (κ1) is 14.1. The van der Waals surface area contributed by atoms with Crippen LogP contribution < -0.4 is 10.9 Å². The quantitative estimate of drug-likeness (QED) is 0.497. The van der Waals surface area contributed by atoms with E-state index in [-0.39, 0.29) is 39.0 Å². The van der Waals surface area contributed by atoms with Gasteiger partial charge in [0.15, 0.2) is 11.0 Å². The highest BCUT2D eigenvalue weighted by molar-refractivity contribution is 6.08. The van der Waals surface area contributed by atoms with Gasteiger partial charge in [-0.2, -0.15) is 0 Å². The SMILES string of the molecule is O=c1cc2oc3c(-c4ccc(O)cc4)c(O)c2c(c1)c(O)cc3=O. The number of phenolic OH excluding ortho intramolecular Hbond substituents is 1. The van der Waals surface area contributed by atoms with Crippen LogP contribution in [-0.2, 0) is 0 Å². The third-order valence-electron chi connectivity index (χ3n) is 3.91. The standard InChI is InChI=1S/C18H10O6/c19-9-3-1-8(2-4-9)15-17(23)16-11-5-10(20)6-14(16)24-18(15)13(22)7-12(11)21/h1-7,19,21,23H. The number of hydrogen-bond donors (Lipinski definition) is 3. The summed E-state index contributed by atoms with van der Waals surface area (Å²) in [4.78, 5) is 24.1. The lowest BCUT2D eigenvalue weighted by atomic mass is 9.99.